The molecular formula is C17H26N2O4. The molecule has 0 bridgehead atoms. The number of anilines is 1. The fraction of sp³-hybridized carbons (Fsp3) is 0.529. The number of benzene rings is 1. The van der Waals surface area contributed by atoms with Crippen LogP contribution < -0.4 is 10.9 Å². The molecule has 0 aliphatic carbocycles. The van der Waals surface area contributed by atoms with E-state index >= 15 is 0 Å². The molecule has 0 unspecified atom stereocenters. The Morgan fingerprint density at radius 3 is 2.09 bits per heavy atom. The van der Waals surface area contributed by atoms with Crippen LogP contribution in [0.1, 0.15) is 40.2 Å². The highest BCUT2D eigenvalue weighted by atomic mass is 16.6. The number of esters is 2. The Balaban J connectivity index is 2.57. The van der Waals surface area contributed by atoms with Gasteiger partial charge in [-0.3, -0.25) is 9.59 Å². The first kappa shape index (κ1) is 19.0. The fourth-order valence-electron chi connectivity index (χ4n) is 1.78. The largest absolute Gasteiger partial charge is 0.468 e. The van der Waals surface area contributed by atoms with E-state index in [1.54, 1.807) is 13.8 Å². The zero-order valence-electron chi connectivity index (χ0n) is 14.6. The van der Waals surface area contributed by atoms with E-state index in [1.807, 2.05) is 45.0 Å². The Bertz CT molecular complexity index is 545. The van der Waals surface area contributed by atoms with Gasteiger partial charge < -0.3 is 14.9 Å². The molecule has 23 heavy (non-hydrogen) atoms. The van der Waals surface area contributed by atoms with Gasteiger partial charge in [0.1, 0.15) is 11.1 Å². The molecule has 0 spiro atoms. The van der Waals surface area contributed by atoms with Crippen LogP contribution in [-0.2, 0) is 25.5 Å². The number of hydrazine groups is 1. The second kappa shape index (κ2) is 7.46. The van der Waals surface area contributed by atoms with Crippen LogP contribution in [0.3, 0.4) is 0 Å². The topological polar surface area (TPSA) is 76.7 Å². The Hall–Kier alpha value is -2.08. The van der Waals surface area contributed by atoms with Crippen molar-refractivity contribution < 1.29 is 19.1 Å². The van der Waals surface area contributed by atoms with Crippen LogP contribution in [0.4, 0.5) is 5.69 Å². The number of carbonyl (C=O) groups is 2. The van der Waals surface area contributed by atoms with Crippen molar-refractivity contribution in [3.8, 4) is 0 Å². The van der Waals surface area contributed by atoms with Crippen LogP contribution in [0.15, 0.2) is 24.3 Å². The first-order valence-corrected chi connectivity index (χ1v) is 7.46. The van der Waals surface area contributed by atoms with Crippen molar-refractivity contribution in [2.45, 2.75) is 52.2 Å². The van der Waals surface area contributed by atoms with Gasteiger partial charge in [-0.25, -0.2) is 5.43 Å². The van der Waals surface area contributed by atoms with Gasteiger partial charge >= 0.3 is 11.9 Å². The molecule has 0 radical (unpaired) electrons. The van der Waals surface area contributed by atoms with E-state index in [0.29, 0.717) is 0 Å². The first-order chi connectivity index (χ1) is 10.5. The van der Waals surface area contributed by atoms with Crippen LogP contribution in [-0.4, -0.2) is 30.2 Å². The highest BCUT2D eigenvalue weighted by Crippen LogP contribution is 2.13. The summed E-state index contributed by atoms with van der Waals surface area (Å²) in [5, 5.41) is 0. The molecule has 2 N–H and O–H groups in total. The molecule has 0 atom stereocenters. The molecule has 0 aromatic heterocycles. The lowest BCUT2D eigenvalue weighted by molar-refractivity contribution is -0.154. The van der Waals surface area contributed by atoms with Gasteiger partial charge in [-0.2, -0.15) is 0 Å². The van der Waals surface area contributed by atoms with E-state index in [9.17, 15) is 9.59 Å². The van der Waals surface area contributed by atoms with E-state index in [4.69, 9.17) is 9.47 Å². The minimum atomic E-state index is -0.857. The van der Waals surface area contributed by atoms with Gasteiger partial charge in [0.05, 0.1) is 13.5 Å². The SMILES string of the molecule is COC(=O)C(C)(C)NNc1ccc(CC(=O)OC(C)(C)C)cc1. The second-order valence-corrected chi connectivity index (χ2v) is 6.83. The Labute approximate surface area is 137 Å². The average Bonchev–Trinajstić information content (AvgIpc) is 2.43. The van der Waals surface area contributed by atoms with Crippen LogP contribution in [0.2, 0.25) is 0 Å². The molecule has 1 rings (SSSR count). The van der Waals surface area contributed by atoms with Gasteiger partial charge in [0, 0.05) is 5.69 Å². The summed E-state index contributed by atoms with van der Waals surface area (Å²) in [7, 11) is 1.34. The summed E-state index contributed by atoms with van der Waals surface area (Å²) in [6.45, 7) is 8.94. The van der Waals surface area contributed by atoms with E-state index in [-0.39, 0.29) is 18.4 Å². The number of carbonyl (C=O) groups excluding carboxylic acids is 2. The van der Waals surface area contributed by atoms with Gasteiger partial charge in [0.2, 0.25) is 0 Å². The summed E-state index contributed by atoms with van der Waals surface area (Å²) in [6, 6.07) is 7.30. The zero-order valence-corrected chi connectivity index (χ0v) is 14.6. The Morgan fingerprint density at radius 2 is 1.61 bits per heavy atom. The molecule has 0 heterocycles. The molecular weight excluding hydrogens is 296 g/mol. The summed E-state index contributed by atoms with van der Waals surface area (Å²) < 4.78 is 10.00. The fourth-order valence-corrected chi connectivity index (χ4v) is 1.78. The lowest BCUT2D eigenvalue weighted by atomic mass is 10.1. The molecule has 0 aliphatic heterocycles. The molecule has 1 aromatic rings. The van der Waals surface area contributed by atoms with Crippen molar-refractivity contribution in [1.29, 1.82) is 0 Å². The summed E-state index contributed by atoms with van der Waals surface area (Å²) in [4.78, 5) is 23.3. The van der Waals surface area contributed by atoms with Gasteiger partial charge in [-0.1, -0.05) is 12.1 Å². The van der Waals surface area contributed by atoms with Crippen molar-refractivity contribution in [1.82, 2.24) is 5.43 Å². The predicted octanol–water partition coefficient (Wildman–Crippen LogP) is 2.44. The Morgan fingerprint density at radius 1 is 1.04 bits per heavy atom. The molecule has 6 nitrogen and oxygen atoms in total. The molecule has 0 fully saturated rings. The molecule has 0 saturated carbocycles. The molecule has 6 heteroatoms. The maximum absolute atomic E-state index is 11.8. The van der Waals surface area contributed by atoms with Crippen molar-refractivity contribution in [3.05, 3.63) is 29.8 Å². The number of hydrogen-bond acceptors (Lipinski definition) is 6. The molecule has 0 saturated heterocycles. The van der Waals surface area contributed by atoms with Crippen LogP contribution in [0.5, 0.6) is 0 Å². The maximum Gasteiger partial charge on any atom is 0.327 e. The third-order valence-corrected chi connectivity index (χ3v) is 2.94. The zero-order chi connectivity index (χ0) is 17.7. The third kappa shape index (κ3) is 6.69. The first-order valence-electron chi connectivity index (χ1n) is 7.46. The average molecular weight is 322 g/mol. The molecule has 0 aliphatic rings. The number of ether oxygens (including phenoxy) is 2. The van der Waals surface area contributed by atoms with Crippen molar-refractivity contribution in [2.24, 2.45) is 0 Å². The summed E-state index contributed by atoms with van der Waals surface area (Å²) >= 11 is 0. The summed E-state index contributed by atoms with van der Waals surface area (Å²) in [5.41, 5.74) is 6.14. The number of nitrogens with one attached hydrogen (secondary N) is 2. The number of rotatable bonds is 6. The summed E-state index contributed by atoms with van der Waals surface area (Å²) in [5.74, 6) is -0.630. The predicted molar refractivity (Wildman–Crippen MR) is 88.8 cm³/mol. The van der Waals surface area contributed by atoms with Crippen LogP contribution >= 0.6 is 0 Å². The second-order valence-electron chi connectivity index (χ2n) is 6.83. The van der Waals surface area contributed by atoms with E-state index in [0.717, 1.165) is 11.3 Å². The lowest BCUT2D eigenvalue weighted by Gasteiger charge is -2.24. The highest BCUT2D eigenvalue weighted by molar-refractivity contribution is 5.79. The normalized spacial score (nSPS) is 11.7. The monoisotopic (exact) mass is 322 g/mol. The van der Waals surface area contributed by atoms with E-state index < -0.39 is 11.1 Å². The van der Waals surface area contributed by atoms with Gasteiger partial charge in [0.15, 0.2) is 0 Å². The van der Waals surface area contributed by atoms with E-state index in [2.05, 4.69) is 10.9 Å². The number of hydrogen-bond donors (Lipinski definition) is 2. The molecule has 128 valence electrons. The smallest absolute Gasteiger partial charge is 0.327 e. The van der Waals surface area contributed by atoms with E-state index in [1.165, 1.54) is 7.11 Å². The minimum Gasteiger partial charge on any atom is -0.468 e. The molecule has 1 aromatic carbocycles. The third-order valence-electron chi connectivity index (χ3n) is 2.94. The standard InChI is InChI=1S/C17H26N2O4/c1-16(2,3)23-14(20)11-12-7-9-13(10-8-12)18-19-17(4,5)15(21)22-6/h7-10,18-19H,11H2,1-6H3. The Kier molecular flexibility index (Phi) is 6.15. The van der Waals surface area contributed by atoms with Gasteiger partial charge in [-0.05, 0) is 52.3 Å². The lowest BCUT2D eigenvalue weighted by Crippen LogP contribution is -2.50. The van der Waals surface area contributed by atoms with Gasteiger partial charge in [0.25, 0.3) is 0 Å². The summed E-state index contributed by atoms with van der Waals surface area (Å²) in [6.07, 6.45) is 0.221. The van der Waals surface area contributed by atoms with Crippen molar-refractivity contribution in [3.63, 3.8) is 0 Å². The highest BCUT2D eigenvalue weighted by Gasteiger charge is 2.28. The van der Waals surface area contributed by atoms with Crippen LogP contribution in [0.25, 0.3) is 0 Å². The van der Waals surface area contributed by atoms with Crippen LogP contribution in [0, 0.1) is 0 Å². The quantitative estimate of drug-likeness (QED) is 0.619. The van der Waals surface area contributed by atoms with Crippen molar-refractivity contribution in [2.75, 3.05) is 12.5 Å². The van der Waals surface area contributed by atoms with Crippen molar-refractivity contribution >= 4 is 17.6 Å². The molecule has 0 amide bonds. The maximum atomic E-state index is 11.8. The minimum absolute atomic E-state index is 0.221. The van der Waals surface area contributed by atoms with Gasteiger partial charge in [-0.15, -0.1) is 0 Å². The number of methoxy groups -OCH3 is 1.